The zero-order valence-corrected chi connectivity index (χ0v) is 24.6. The summed E-state index contributed by atoms with van der Waals surface area (Å²) >= 11 is 0. The first-order chi connectivity index (χ1) is 19.5. The summed E-state index contributed by atoms with van der Waals surface area (Å²) < 4.78 is 10.8. The predicted molar refractivity (Wildman–Crippen MR) is 154 cm³/mol. The second-order valence-electron chi connectivity index (χ2n) is 12.1. The summed E-state index contributed by atoms with van der Waals surface area (Å²) in [6.45, 7) is 8.42. The van der Waals surface area contributed by atoms with Gasteiger partial charge in [0.05, 0.1) is 32.4 Å². The first-order valence-corrected chi connectivity index (χ1v) is 14.8. The number of aryl methyl sites for hydroxylation is 1. The summed E-state index contributed by atoms with van der Waals surface area (Å²) in [5, 5.41) is 13.1. The second-order valence-corrected chi connectivity index (χ2v) is 12.1. The van der Waals surface area contributed by atoms with Gasteiger partial charge in [0.2, 0.25) is 5.91 Å². The van der Waals surface area contributed by atoms with Crippen molar-refractivity contribution in [3.05, 3.63) is 41.0 Å². The van der Waals surface area contributed by atoms with Crippen molar-refractivity contribution in [2.45, 2.75) is 77.4 Å². The van der Waals surface area contributed by atoms with Gasteiger partial charge in [-0.05, 0) is 63.1 Å². The van der Waals surface area contributed by atoms with Crippen LogP contribution in [0.4, 0.5) is 0 Å². The molecule has 9 nitrogen and oxygen atoms in total. The van der Waals surface area contributed by atoms with E-state index < -0.39 is 23.5 Å². The fraction of sp³-hybridized carbons (Fsp3) is 0.625. The highest BCUT2D eigenvalue weighted by molar-refractivity contribution is 5.97. The summed E-state index contributed by atoms with van der Waals surface area (Å²) in [6.07, 6.45) is 5.86. The number of hydrogen-bond donors (Lipinski definition) is 2. The summed E-state index contributed by atoms with van der Waals surface area (Å²) in [7, 11) is 0. The maximum atomic E-state index is 13.8. The fourth-order valence-electron chi connectivity index (χ4n) is 5.65. The monoisotopic (exact) mass is 568 g/mol. The van der Waals surface area contributed by atoms with Crippen LogP contribution in [0.3, 0.4) is 0 Å². The molecule has 2 aliphatic heterocycles. The number of ether oxygens (including phenoxy) is 2. The van der Waals surface area contributed by atoms with Crippen molar-refractivity contribution < 1.29 is 33.8 Å². The highest BCUT2D eigenvalue weighted by atomic mass is 16.6. The van der Waals surface area contributed by atoms with E-state index in [0.29, 0.717) is 50.5 Å². The van der Waals surface area contributed by atoms with Gasteiger partial charge < -0.3 is 19.9 Å². The lowest BCUT2D eigenvalue weighted by Gasteiger charge is -2.26. The average molecular weight is 569 g/mol. The number of Topliss-reactive ketones (excluding diaryl/α,β-unsaturated/α-hetero) is 3. The standard InChI is InChI=1S/C32H44N2O7/c1-21-8-9-24(17-28(21)36)16-27(33-31(39)22(2)14-26(35)19-34-10-12-40-13-11-34)29(37)18-25(15-23-6-4-5-7-23)30(38)32(3)20-41-32/h6,8-9,17,22,25,27,36H,4-5,7,10-16,18-20H2,1-3H3,(H,33,39)/t22-,25-,27+,32-/m1/s1. The van der Waals surface area contributed by atoms with Gasteiger partial charge in [-0.1, -0.05) is 30.7 Å². The van der Waals surface area contributed by atoms with Crippen LogP contribution in [0, 0.1) is 18.8 Å². The predicted octanol–water partition coefficient (Wildman–Crippen LogP) is 3.09. The molecule has 0 bridgehead atoms. The molecule has 1 aliphatic carbocycles. The molecule has 3 aliphatic rings. The van der Waals surface area contributed by atoms with Crippen molar-refractivity contribution >= 4 is 23.3 Å². The number of phenolic OH excluding ortho intramolecular Hbond substituents is 1. The number of amides is 1. The van der Waals surface area contributed by atoms with E-state index in [1.165, 1.54) is 5.57 Å². The highest BCUT2D eigenvalue weighted by Gasteiger charge is 2.50. The fourth-order valence-corrected chi connectivity index (χ4v) is 5.65. The zero-order valence-electron chi connectivity index (χ0n) is 24.6. The number of nitrogens with zero attached hydrogens (tertiary/aromatic N) is 1. The van der Waals surface area contributed by atoms with Gasteiger partial charge >= 0.3 is 0 Å². The first-order valence-electron chi connectivity index (χ1n) is 14.8. The number of epoxide rings is 1. The number of morpholine rings is 1. The lowest BCUT2D eigenvalue weighted by molar-refractivity contribution is -0.134. The Labute approximate surface area is 242 Å². The highest BCUT2D eigenvalue weighted by Crippen LogP contribution is 2.35. The molecule has 2 heterocycles. The van der Waals surface area contributed by atoms with Crippen molar-refractivity contribution in [2.24, 2.45) is 11.8 Å². The van der Waals surface area contributed by atoms with Gasteiger partial charge in [0.15, 0.2) is 11.6 Å². The molecule has 1 amide bonds. The van der Waals surface area contributed by atoms with Crippen LogP contribution in [0.15, 0.2) is 29.8 Å². The van der Waals surface area contributed by atoms with E-state index in [2.05, 4.69) is 11.4 Å². The number of phenols is 1. The van der Waals surface area contributed by atoms with Crippen molar-refractivity contribution in [1.82, 2.24) is 10.2 Å². The second kappa shape index (κ2) is 13.9. The molecule has 224 valence electrons. The van der Waals surface area contributed by atoms with Crippen LogP contribution in [0.5, 0.6) is 5.75 Å². The van der Waals surface area contributed by atoms with Crippen LogP contribution in [0.2, 0.25) is 0 Å². The van der Waals surface area contributed by atoms with Gasteiger partial charge in [-0.25, -0.2) is 0 Å². The number of hydrogen-bond acceptors (Lipinski definition) is 8. The lowest BCUT2D eigenvalue weighted by atomic mass is 9.83. The van der Waals surface area contributed by atoms with Gasteiger partial charge in [-0.15, -0.1) is 0 Å². The Bertz CT molecular complexity index is 1170. The van der Waals surface area contributed by atoms with E-state index in [4.69, 9.17) is 9.47 Å². The SMILES string of the molecule is Cc1ccc(C[C@H](NC(=O)[C@H](C)CC(=O)CN2CCOCC2)C(=O)C[C@@H](CC2=CCCC2)C(=O)[C@@]2(C)CO2)cc1O. The molecule has 2 fully saturated rings. The number of carbonyl (C=O) groups is 4. The Morgan fingerprint density at radius 2 is 1.85 bits per heavy atom. The minimum absolute atomic E-state index is 0.0117. The average Bonchev–Trinajstić information content (AvgIpc) is 3.48. The first kappa shape index (κ1) is 31.1. The Morgan fingerprint density at radius 3 is 2.49 bits per heavy atom. The molecular weight excluding hydrogens is 524 g/mol. The summed E-state index contributed by atoms with van der Waals surface area (Å²) in [5.74, 6) is -1.77. The van der Waals surface area contributed by atoms with Crippen molar-refractivity contribution in [1.29, 1.82) is 0 Å². The van der Waals surface area contributed by atoms with Crippen LogP contribution in [-0.4, -0.2) is 84.4 Å². The topological polar surface area (TPSA) is 126 Å². The molecule has 2 saturated heterocycles. The maximum absolute atomic E-state index is 13.8. The summed E-state index contributed by atoms with van der Waals surface area (Å²) in [5.41, 5.74) is 1.75. The van der Waals surface area contributed by atoms with Gasteiger partial charge in [0.25, 0.3) is 0 Å². The quantitative estimate of drug-likeness (QED) is 0.244. The van der Waals surface area contributed by atoms with E-state index >= 15 is 0 Å². The molecule has 2 N–H and O–H groups in total. The minimum atomic E-state index is -0.901. The molecule has 41 heavy (non-hydrogen) atoms. The number of benzene rings is 1. The van der Waals surface area contributed by atoms with Crippen LogP contribution < -0.4 is 5.32 Å². The Balaban J connectivity index is 1.45. The smallest absolute Gasteiger partial charge is 0.223 e. The third-order valence-corrected chi connectivity index (χ3v) is 8.46. The molecule has 9 heteroatoms. The number of nitrogens with one attached hydrogen (secondary N) is 1. The molecule has 0 radical (unpaired) electrons. The molecule has 1 aromatic carbocycles. The van der Waals surface area contributed by atoms with Gasteiger partial charge in [0.1, 0.15) is 17.1 Å². The minimum Gasteiger partial charge on any atom is -0.508 e. The number of carbonyl (C=O) groups excluding carboxylic acids is 4. The van der Waals surface area contributed by atoms with Crippen LogP contribution in [0.25, 0.3) is 0 Å². The van der Waals surface area contributed by atoms with Gasteiger partial charge in [-0.2, -0.15) is 0 Å². The number of rotatable bonds is 15. The number of aromatic hydroxyl groups is 1. The largest absolute Gasteiger partial charge is 0.508 e. The van der Waals surface area contributed by atoms with Crippen LogP contribution in [0.1, 0.15) is 63.5 Å². The number of ketones is 3. The molecular formula is C32H44N2O7. The van der Waals surface area contributed by atoms with Crippen molar-refractivity contribution in [3.63, 3.8) is 0 Å². The van der Waals surface area contributed by atoms with Crippen molar-refractivity contribution in [2.75, 3.05) is 39.5 Å². The van der Waals surface area contributed by atoms with E-state index in [9.17, 15) is 24.3 Å². The van der Waals surface area contributed by atoms with E-state index in [1.807, 2.05) is 11.0 Å². The van der Waals surface area contributed by atoms with E-state index in [0.717, 1.165) is 19.3 Å². The normalized spacial score (nSPS) is 22.9. The molecule has 1 aromatic rings. The molecule has 4 rings (SSSR count). The van der Waals surface area contributed by atoms with Crippen LogP contribution >= 0.6 is 0 Å². The Morgan fingerprint density at radius 1 is 1.12 bits per heavy atom. The molecule has 0 spiro atoms. The van der Waals surface area contributed by atoms with Gasteiger partial charge in [-0.3, -0.25) is 24.1 Å². The van der Waals surface area contributed by atoms with E-state index in [1.54, 1.807) is 32.9 Å². The summed E-state index contributed by atoms with van der Waals surface area (Å²) in [6, 6.07) is 4.29. The Kier molecular flexibility index (Phi) is 10.5. The molecule has 4 atom stereocenters. The van der Waals surface area contributed by atoms with Crippen LogP contribution in [-0.2, 0) is 35.1 Å². The summed E-state index contributed by atoms with van der Waals surface area (Å²) in [4.78, 5) is 55.1. The Hall–Kier alpha value is -2.88. The molecule has 0 saturated carbocycles. The number of allylic oxidation sites excluding steroid dienone is 2. The third-order valence-electron chi connectivity index (χ3n) is 8.46. The van der Waals surface area contributed by atoms with Crippen molar-refractivity contribution in [3.8, 4) is 5.75 Å². The van der Waals surface area contributed by atoms with E-state index in [-0.39, 0.29) is 54.8 Å². The zero-order chi connectivity index (χ0) is 29.6. The third kappa shape index (κ3) is 8.80. The molecule has 0 aromatic heterocycles. The lowest BCUT2D eigenvalue weighted by Crippen LogP contribution is -2.46. The maximum Gasteiger partial charge on any atom is 0.223 e. The molecule has 0 unspecified atom stereocenters. The van der Waals surface area contributed by atoms with Gasteiger partial charge in [0, 0.05) is 37.8 Å².